The smallest absolute Gasteiger partial charge is 0.141 e. The highest BCUT2D eigenvalue weighted by molar-refractivity contribution is 5.66. The van der Waals surface area contributed by atoms with E-state index in [4.69, 9.17) is 10.4 Å². The lowest BCUT2D eigenvalue weighted by atomic mass is 10.1. The molecule has 0 unspecified atom stereocenters. The van der Waals surface area contributed by atoms with Crippen LogP contribution in [-0.2, 0) is 0 Å². The number of aryl methyl sites for hydroxylation is 1. The minimum Gasteiger partial charge on any atom is -0.356 e. The Hall–Kier alpha value is -3.13. The van der Waals surface area contributed by atoms with Gasteiger partial charge in [0.2, 0.25) is 0 Å². The first-order valence-corrected chi connectivity index (χ1v) is 9.28. The highest BCUT2D eigenvalue weighted by atomic mass is 19.1. The molecule has 1 aliphatic rings. The third-order valence-corrected chi connectivity index (χ3v) is 5.03. The molecule has 0 bridgehead atoms. The van der Waals surface area contributed by atoms with Crippen LogP contribution >= 0.6 is 0 Å². The van der Waals surface area contributed by atoms with Crippen LogP contribution in [0.5, 0.6) is 0 Å². The van der Waals surface area contributed by atoms with E-state index in [1.807, 2.05) is 16.8 Å². The van der Waals surface area contributed by atoms with Gasteiger partial charge in [-0.25, -0.2) is 9.07 Å². The number of halogens is 1. The molecule has 0 aliphatic carbocycles. The number of piperidine rings is 1. The molecule has 0 N–H and O–H groups in total. The molecule has 0 spiro atoms. The van der Waals surface area contributed by atoms with E-state index in [9.17, 15) is 4.39 Å². The number of nitrogens with zero attached hydrogens (tertiary/aromatic N) is 4. The summed E-state index contributed by atoms with van der Waals surface area (Å²) >= 11 is 0. The lowest BCUT2D eigenvalue weighted by Gasteiger charge is -2.28. The van der Waals surface area contributed by atoms with E-state index >= 15 is 0 Å². The number of aromatic nitrogens is 2. The molecule has 27 heavy (non-hydrogen) atoms. The summed E-state index contributed by atoms with van der Waals surface area (Å²) in [7, 11) is 0. The summed E-state index contributed by atoms with van der Waals surface area (Å²) in [5, 5.41) is 13.7. The third-order valence-electron chi connectivity index (χ3n) is 5.03. The average molecular weight is 360 g/mol. The summed E-state index contributed by atoms with van der Waals surface area (Å²) in [6.07, 6.45) is 3.59. The Morgan fingerprint density at radius 3 is 2.41 bits per heavy atom. The zero-order chi connectivity index (χ0) is 18.8. The summed E-state index contributed by atoms with van der Waals surface area (Å²) in [6, 6.07) is 16.8. The zero-order valence-corrected chi connectivity index (χ0v) is 15.3. The number of nitriles is 1. The average Bonchev–Trinajstić information content (AvgIpc) is 3.14. The maximum absolute atomic E-state index is 14.1. The molecule has 0 saturated carbocycles. The van der Waals surface area contributed by atoms with Crippen LogP contribution in [0.25, 0.3) is 16.9 Å². The Labute approximate surface area is 158 Å². The van der Waals surface area contributed by atoms with E-state index in [-0.39, 0.29) is 5.56 Å². The summed E-state index contributed by atoms with van der Waals surface area (Å²) in [5.74, 6) is 0.512. The zero-order valence-electron chi connectivity index (χ0n) is 15.3. The van der Waals surface area contributed by atoms with Gasteiger partial charge in [-0.15, -0.1) is 0 Å². The molecule has 1 aliphatic heterocycles. The van der Waals surface area contributed by atoms with Crippen LogP contribution in [-0.4, -0.2) is 22.9 Å². The molecule has 1 fully saturated rings. The lowest BCUT2D eigenvalue weighted by molar-refractivity contribution is 0.567. The summed E-state index contributed by atoms with van der Waals surface area (Å²) in [6.45, 7) is 4.06. The van der Waals surface area contributed by atoms with Crippen LogP contribution in [0.3, 0.4) is 0 Å². The van der Waals surface area contributed by atoms with E-state index in [2.05, 4.69) is 36.1 Å². The number of rotatable bonds is 3. The Bertz CT molecular complexity index is 992. The van der Waals surface area contributed by atoms with Gasteiger partial charge in [-0.1, -0.05) is 23.8 Å². The molecule has 2 heterocycles. The SMILES string of the molecule is Cc1ccc(-n2nc(-c3ccc(C#N)c(F)c3)cc2N2CCCCC2)cc1. The van der Waals surface area contributed by atoms with Crippen molar-refractivity contribution in [3.63, 3.8) is 0 Å². The van der Waals surface area contributed by atoms with Crippen molar-refractivity contribution in [1.82, 2.24) is 9.78 Å². The lowest BCUT2D eigenvalue weighted by Crippen LogP contribution is -2.31. The van der Waals surface area contributed by atoms with Crippen molar-refractivity contribution < 1.29 is 4.39 Å². The standard InChI is InChI=1S/C22H21FN4/c1-16-5-9-19(10-6-16)27-22(26-11-3-2-4-12-26)14-21(25-27)17-7-8-18(15-24)20(23)13-17/h5-10,13-14H,2-4,11-12H2,1H3. The molecule has 0 radical (unpaired) electrons. The highest BCUT2D eigenvalue weighted by Gasteiger charge is 2.19. The fraction of sp³-hybridized carbons (Fsp3) is 0.273. The predicted octanol–water partition coefficient (Wildman–Crippen LogP) is 4.85. The number of hydrogen-bond donors (Lipinski definition) is 0. The molecule has 1 aromatic heterocycles. The summed E-state index contributed by atoms with van der Waals surface area (Å²) in [4.78, 5) is 2.35. The van der Waals surface area contributed by atoms with Gasteiger partial charge in [0.1, 0.15) is 17.7 Å². The molecule has 1 saturated heterocycles. The van der Waals surface area contributed by atoms with Gasteiger partial charge in [0.15, 0.2) is 0 Å². The largest absolute Gasteiger partial charge is 0.356 e. The van der Waals surface area contributed by atoms with E-state index in [1.54, 1.807) is 6.07 Å². The Morgan fingerprint density at radius 2 is 1.74 bits per heavy atom. The molecule has 4 rings (SSSR count). The van der Waals surface area contributed by atoms with Gasteiger partial charge >= 0.3 is 0 Å². The van der Waals surface area contributed by atoms with E-state index in [0.717, 1.165) is 24.6 Å². The van der Waals surface area contributed by atoms with Crippen LogP contribution in [0, 0.1) is 24.1 Å². The normalized spacial score (nSPS) is 14.2. The van der Waals surface area contributed by atoms with E-state index in [0.29, 0.717) is 11.3 Å². The van der Waals surface area contributed by atoms with Gasteiger partial charge in [-0.05, 0) is 50.5 Å². The van der Waals surface area contributed by atoms with Crippen LogP contribution in [0.2, 0.25) is 0 Å². The van der Waals surface area contributed by atoms with Crippen molar-refractivity contribution >= 4 is 5.82 Å². The number of anilines is 1. The topological polar surface area (TPSA) is 44.9 Å². The minimum absolute atomic E-state index is 0.0490. The van der Waals surface area contributed by atoms with Crippen molar-refractivity contribution in [1.29, 1.82) is 5.26 Å². The summed E-state index contributed by atoms with van der Waals surface area (Å²) < 4.78 is 16.0. The van der Waals surface area contributed by atoms with Gasteiger partial charge in [-0.2, -0.15) is 10.4 Å². The van der Waals surface area contributed by atoms with E-state index in [1.165, 1.54) is 37.0 Å². The Morgan fingerprint density at radius 1 is 1.00 bits per heavy atom. The second kappa shape index (κ2) is 7.24. The fourth-order valence-electron chi connectivity index (χ4n) is 3.50. The van der Waals surface area contributed by atoms with Gasteiger partial charge in [0.05, 0.1) is 16.9 Å². The number of hydrogen-bond acceptors (Lipinski definition) is 3. The molecular formula is C22H21FN4. The van der Waals surface area contributed by atoms with Crippen molar-refractivity contribution in [2.75, 3.05) is 18.0 Å². The monoisotopic (exact) mass is 360 g/mol. The predicted molar refractivity (Wildman–Crippen MR) is 104 cm³/mol. The number of benzene rings is 2. The van der Waals surface area contributed by atoms with Crippen molar-refractivity contribution in [3.05, 3.63) is 65.5 Å². The molecule has 3 aromatic rings. The van der Waals surface area contributed by atoms with Crippen molar-refractivity contribution in [3.8, 4) is 23.0 Å². The van der Waals surface area contributed by atoms with Gasteiger partial charge in [0, 0.05) is 24.7 Å². The third kappa shape index (κ3) is 3.43. The van der Waals surface area contributed by atoms with Crippen LogP contribution in [0.15, 0.2) is 48.5 Å². The molecule has 4 nitrogen and oxygen atoms in total. The first kappa shape index (κ1) is 17.3. The molecule has 0 amide bonds. The molecular weight excluding hydrogens is 339 g/mol. The molecule has 136 valence electrons. The van der Waals surface area contributed by atoms with Crippen LogP contribution < -0.4 is 4.90 Å². The van der Waals surface area contributed by atoms with E-state index < -0.39 is 5.82 Å². The first-order chi connectivity index (χ1) is 13.2. The maximum Gasteiger partial charge on any atom is 0.141 e. The quantitative estimate of drug-likeness (QED) is 0.671. The van der Waals surface area contributed by atoms with Crippen LogP contribution in [0.4, 0.5) is 10.2 Å². The molecule has 2 aromatic carbocycles. The van der Waals surface area contributed by atoms with Gasteiger partial charge < -0.3 is 4.90 Å². The Balaban J connectivity index is 1.80. The fourth-order valence-corrected chi connectivity index (χ4v) is 3.50. The summed E-state index contributed by atoms with van der Waals surface area (Å²) in [5.41, 5.74) is 3.62. The maximum atomic E-state index is 14.1. The molecule has 5 heteroatoms. The minimum atomic E-state index is -0.514. The van der Waals surface area contributed by atoms with Gasteiger partial charge in [-0.3, -0.25) is 0 Å². The Kier molecular flexibility index (Phi) is 4.64. The van der Waals surface area contributed by atoms with Crippen LogP contribution in [0.1, 0.15) is 30.4 Å². The highest BCUT2D eigenvalue weighted by Crippen LogP contribution is 2.30. The van der Waals surface area contributed by atoms with Crippen molar-refractivity contribution in [2.24, 2.45) is 0 Å². The second-order valence-electron chi connectivity index (χ2n) is 6.99. The molecule has 0 atom stereocenters. The van der Waals surface area contributed by atoms with Gasteiger partial charge in [0.25, 0.3) is 0 Å². The first-order valence-electron chi connectivity index (χ1n) is 9.28. The van der Waals surface area contributed by atoms with Crippen molar-refractivity contribution in [2.45, 2.75) is 26.2 Å². The second-order valence-corrected chi connectivity index (χ2v) is 6.99.